The number of thioether (sulfide) groups is 1. The lowest BCUT2D eigenvalue weighted by atomic mass is 10.1. The largest absolute Gasteiger partial charge is 0.307 e. The third kappa shape index (κ3) is 2.00. The Morgan fingerprint density at radius 3 is 2.53 bits per heavy atom. The molecule has 92 valence electrons. The van der Waals surface area contributed by atoms with Crippen molar-refractivity contribution in [1.29, 1.82) is 5.26 Å². The van der Waals surface area contributed by atoms with E-state index in [1.54, 1.807) is 11.8 Å². The molecule has 0 amide bonds. The highest BCUT2D eigenvalue weighted by molar-refractivity contribution is 7.98. The smallest absolute Gasteiger partial charge is 0.138 e. The van der Waals surface area contributed by atoms with Crippen molar-refractivity contribution in [3.63, 3.8) is 0 Å². The van der Waals surface area contributed by atoms with Gasteiger partial charge in [-0.15, -0.1) is 11.8 Å². The number of hydrogen-bond acceptors (Lipinski definition) is 2. The zero-order chi connectivity index (χ0) is 13.2. The van der Waals surface area contributed by atoms with Crippen LogP contribution in [0.25, 0.3) is 16.6 Å². The summed E-state index contributed by atoms with van der Waals surface area (Å²) in [5.41, 5.74) is 4.13. The van der Waals surface area contributed by atoms with Crippen LogP contribution in [0.5, 0.6) is 0 Å². The van der Waals surface area contributed by atoms with Crippen molar-refractivity contribution in [2.75, 3.05) is 6.26 Å². The summed E-state index contributed by atoms with van der Waals surface area (Å²) in [4.78, 5) is 1.02. The average Bonchev–Trinajstić information content (AvgIpc) is 2.84. The third-order valence-corrected chi connectivity index (χ3v) is 3.92. The zero-order valence-corrected chi connectivity index (χ0v) is 11.3. The quantitative estimate of drug-likeness (QED) is 0.649. The molecule has 3 rings (SSSR count). The molecule has 0 saturated carbocycles. The first-order valence-electron chi connectivity index (χ1n) is 5.98. The van der Waals surface area contributed by atoms with E-state index in [1.807, 2.05) is 41.1 Å². The summed E-state index contributed by atoms with van der Waals surface area (Å²) in [7, 11) is 0. The van der Waals surface area contributed by atoms with Crippen LogP contribution in [0.2, 0.25) is 0 Å². The van der Waals surface area contributed by atoms with Crippen LogP contribution in [-0.4, -0.2) is 10.7 Å². The Kier molecular flexibility index (Phi) is 3.02. The van der Waals surface area contributed by atoms with Gasteiger partial charge in [0.1, 0.15) is 11.8 Å². The van der Waals surface area contributed by atoms with E-state index in [2.05, 4.69) is 30.3 Å². The molecule has 0 aliphatic heterocycles. The van der Waals surface area contributed by atoms with E-state index >= 15 is 0 Å². The SMILES string of the molecule is CSc1cc2cc(-c3ccccc3)ccn2c1C#N. The second-order valence-corrected chi connectivity index (χ2v) is 5.10. The maximum atomic E-state index is 9.24. The summed E-state index contributed by atoms with van der Waals surface area (Å²) in [5, 5.41) is 9.24. The molecule has 0 fully saturated rings. The normalized spacial score (nSPS) is 10.5. The molecule has 0 aliphatic carbocycles. The molecule has 0 bridgehead atoms. The van der Waals surface area contributed by atoms with Crippen LogP contribution >= 0.6 is 11.8 Å². The second kappa shape index (κ2) is 4.83. The van der Waals surface area contributed by atoms with Crippen molar-refractivity contribution in [2.45, 2.75) is 4.90 Å². The van der Waals surface area contributed by atoms with Crippen LogP contribution in [0.3, 0.4) is 0 Å². The van der Waals surface area contributed by atoms with E-state index < -0.39 is 0 Å². The molecular formula is C16H12N2S. The van der Waals surface area contributed by atoms with Gasteiger partial charge < -0.3 is 4.40 Å². The fourth-order valence-electron chi connectivity index (χ4n) is 2.23. The number of fused-ring (bicyclic) bond motifs is 1. The summed E-state index contributed by atoms with van der Waals surface area (Å²) in [6.07, 6.45) is 3.96. The predicted molar refractivity (Wildman–Crippen MR) is 79.3 cm³/mol. The second-order valence-electron chi connectivity index (χ2n) is 4.25. The number of pyridine rings is 1. The molecule has 0 atom stereocenters. The standard InChI is InChI=1S/C16H12N2S/c1-19-16-10-14-9-13(12-5-3-2-4-6-12)7-8-18(14)15(16)11-17/h2-10H,1H3. The molecule has 3 aromatic rings. The Bertz CT molecular complexity index is 767. The van der Waals surface area contributed by atoms with Gasteiger partial charge in [0.25, 0.3) is 0 Å². The Labute approximate surface area is 116 Å². The molecule has 2 heterocycles. The fraction of sp³-hybridized carbons (Fsp3) is 0.0625. The highest BCUT2D eigenvalue weighted by Gasteiger charge is 2.09. The maximum Gasteiger partial charge on any atom is 0.138 e. The number of nitrogens with zero attached hydrogens (tertiary/aromatic N) is 2. The Hall–Kier alpha value is -2.18. The lowest BCUT2D eigenvalue weighted by Crippen LogP contribution is -1.88. The topological polar surface area (TPSA) is 28.2 Å². The van der Waals surface area contributed by atoms with Gasteiger partial charge in [0.2, 0.25) is 0 Å². The zero-order valence-electron chi connectivity index (χ0n) is 10.5. The molecule has 0 unspecified atom stereocenters. The minimum absolute atomic E-state index is 0.710. The van der Waals surface area contributed by atoms with Crippen molar-refractivity contribution in [3.05, 3.63) is 60.4 Å². The minimum Gasteiger partial charge on any atom is -0.307 e. The molecule has 0 saturated heterocycles. The molecule has 0 radical (unpaired) electrons. The van der Waals surface area contributed by atoms with Gasteiger partial charge in [0.05, 0.1) is 0 Å². The summed E-state index contributed by atoms with van der Waals surface area (Å²) < 4.78 is 1.94. The van der Waals surface area contributed by atoms with E-state index in [4.69, 9.17) is 0 Å². The minimum atomic E-state index is 0.710. The van der Waals surface area contributed by atoms with Gasteiger partial charge in [-0.3, -0.25) is 0 Å². The monoisotopic (exact) mass is 264 g/mol. The Morgan fingerprint density at radius 2 is 1.84 bits per heavy atom. The summed E-state index contributed by atoms with van der Waals surface area (Å²) in [5.74, 6) is 0. The van der Waals surface area contributed by atoms with E-state index in [0.29, 0.717) is 5.69 Å². The first-order chi connectivity index (χ1) is 9.33. The van der Waals surface area contributed by atoms with E-state index in [0.717, 1.165) is 10.4 Å². The predicted octanol–water partition coefficient (Wildman–Crippen LogP) is 4.20. The summed E-state index contributed by atoms with van der Waals surface area (Å²) >= 11 is 1.60. The third-order valence-electron chi connectivity index (χ3n) is 3.17. The number of rotatable bonds is 2. The molecule has 19 heavy (non-hydrogen) atoms. The molecule has 3 heteroatoms. The van der Waals surface area contributed by atoms with Gasteiger partial charge in [-0.2, -0.15) is 5.26 Å². The van der Waals surface area contributed by atoms with E-state index in [9.17, 15) is 5.26 Å². The number of nitriles is 1. The van der Waals surface area contributed by atoms with Crippen molar-refractivity contribution >= 4 is 17.3 Å². The molecule has 2 aromatic heterocycles. The molecule has 0 spiro atoms. The van der Waals surface area contributed by atoms with Crippen LogP contribution in [0, 0.1) is 11.3 Å². The van der Waals surface area contributed by atoms with Crippen LogP contribution < -0.4 is 0 Å². The van der Waals surface area contributed by atoms with Gasteiger partial charge in [0.15, 0.2) is 0 Å². The van der Waals surface area contributed by atoms with Crippen molar-refractivity contribution < 1.29 is 0 Å². The van der Waals surface area contributed by atoms with Gasteiger partial charge in [-0.05, 0) is 35.6 Å². The van der Waals surface area contributed by atoms with Crippen LogP contribution in [0.4, 0.5) is 0 Å². The summed E-state index contributed by atoms with van der Waals surface area (Å²) in [6.45, 7) is 0. The molecular weight excluding hydrogens is 252 g/mol. The number of benzene rings is 1. The first-order valence-corrected chi connectivity index (χ1v) is 7.20. The first kappa shape index (κ1) is 11.9. The van der Waals surface area contributed by atoms with Gasteiger partial charge in [-0.1, -0.05) is 30.3 Å². The van der Waals surface area contributed by atoms with Crippen LogP contribution in [-0.2, 0) is 0 Å². The lowest BCUT2D eigenvalue weighted by molar-refractivity contribution is 1.13. The van der Waals surface area contributed by atoms with Crippen LogP contribution in [0.1, 0.15) is 5.69 Å². The maximum absolute atomic E-state index is 9.24. The Balaban J connectivity index is 2.20. The Morgan fingerprint density at radius 1 is 1.05 bits per heavy atom. The fourth-order valence-corrected chi connectivity index (χ4v) is 2.80. The van der Waals surface area contributed by atoms with Crippen molar-refractivity contribution in [3.8, 4) is 17.2 Å². The van der Waals surface area contributed by atoms with Gasteiger partial charge >= 0.3 is 0 Å². The lowest BCUT2D eigenvalue weighted by Gasteiger charge is -2.03. The van der Waals surface area contributed by atoms with Crippen molar-refractivity contribution in [1.82, 2.24) is 4.40 Å². The number of hydrogen-bond donors (Lipinski definition) is 0. The van der Waals surface area contributed by atoms with E-state index in [-0.39, 0.29) is 0 Å². The average molecular weight is 264 g/mol. The summed E-state index contributed by atoms with van der Waals surface area (Å²) in [6, 6.07) is 18.8. The highest BCUT2D eigenvalue weighted by Crippen LogP contribution is 2.27. The molecule has 2 nitrogen and oxygen atoms in total. The highest BCUT2D eigenvalue weighted by atomic mass is 32.2. The van der Waals surface area contributed by atoms with Gasteiger partial charge in [0, 0.05) is 16.6 Å². The number of aromatic nitrogens is 1. The van der Waals surface area contributed by atoms with Crippen molar-refractivity contribution in [2.24, 2.45) is 0 Å². The van der Waals surface area contributed by atoms with Gasteiger partial charge in [-0.25, -0.2) is 0 Å². The van der Waals surface area contributed by atoms with E-state index in [1.165, 1.54) is 11.1 Å². The van der Waals surface area contributed by atoms with Crippen LogP contribution in [0.15, 0.2) is 59.6 Å². The molecule has 0 N–H and O–H groups in total. The molecule has 1 aromatic carbocycles. The molecule has 0 aliphatic rings.